The molecule has 3 nitrogen and oxygen atoms in total. The van der Waals surface area contributed by atoms with Gasteiger partial charge in [-0.25, -0.2) is 8.78 Å². The van der Waals surface area contributed by atoms with Crippen LogP contribution in [-0.4, -0.2) is 12.2 Å². The highest BCUT2D eigenvalue weighted by molar-refractivity contribution is 6.62. The van der Waals surface area contributed by atoms with Crippen molar-refractivity contribution in [2.75, 3.05) is 0 Å². The van der Waals surface area contributed by atoms with Crippen LogP contribution in [0.3, 0.4) is 0 Å². The van der Waals surface area contributed by atoms with E-state index in [0.29, 0.717) is 23.3 Å². The van der Waals surface area contributed by atoms with Gasteiger partial charge >= 0.3 is 7.12 Å². The van der Waals surface area contributed by atoms with Crippen LogP contribution in [0.25, 0.3) is 0 Å². The zero-order valence-electron chi connectivity index (χ0n) is 21.6. The molecule has 4 aliphatic heterocycles. The van der Waals surface area contributed by atoms with Gasteiger partial charge in [0.1, 0.15) is 28.9 Å². The van der Waals surface area contributed by atoms with Crippen LogP contribution in [0.1, 0.15) is 67.6 Å². The molecule has 6 heteroatoms. The fraction of sp³-hybridized carbons (Fsp3) is 0.250. The molecule has 3 unspecified atom stereocenters. The Bertz CT molecular complexity index is 1360. The SMILES string of the molecule is CCC(CC1CC(C)c2ccc(cc2)OB(c2cc(F)ccc2F)Oc2ccc1cc2)c1ccc(O)cc1. The van der Waals surface area contributed by atoms with Gasteiger partial charge in [-0.1, -0.05) is 50.2 Å². The van der Waals surface area contributed by atoms with Gasteiger partial charge in [0.05, 0.1) is 5.46 Å². The summed E-state index contributed by atoms with van der Waals surface area (Å²) in [4.78, 5) is 0. The quantitative estimate of drug-likeness (QED) is 0.279. The summed E-state index contributed by atoms with van der Waals surface area (Å²) in [5.41, 5.74) is 3.60. The Morgan fingerprint density at radius 2 is 1.45 bits per heavy atom. The predicted molar refractivity (Wildman–Crippen MR) is 147 cm³/mol. The number of phenolic OH excluding ortho intramolecular Hbond substituents is 1. The van der Waals surface area contributed by atoms with Crippen LogP contribution in [-0.2, 0) is 0 Å². The number of rotatable bonds is 5. The number of phenols is 1. The summed E-state index contributed by atoms with van der Waals surface area (Å²) in [5, 5.41) is 9.75. The minimum Gasteiger partial charge on any atom is -0.522 e. The maximum absolute atomic E-state index is 14.7. The Hall–Kier alpha value is -3.80. The minimum atomic E-state index is -1.16. The fourth-order valence-corrected chi connectivity index (χ4v) is 5.35. The number of hydrogen-bond acceptors (Lipinski definition) is 3. The summed E-state index contributed by atoms with van der Waals surface area (Å²) in [5.74, 6) is 1.06. The molecule has 0 saturated heterocycles. The van der Waals surface area contributed by atoms with Crippen molar-refractivity contribution in [3.8, 4) is 17.2 Å². The van der Waals surface area contributed by atoms with Crippen molar-refractivity contribution < 1.29 is 23.2 Å². The van der Waals surface area contributed by atoms with E-state index in [1.807, 2.05) is 48.5 Å². The lowest BCUT2D eigenvalue weighted by molar-refractivity contribution is 0.433. The summed E-state index contributed by atoms with van der Waals surface area (Å²) in [7, 11) is -1.16. The molecule has 4 aromatic carbocycles. The normalized spacial score (nSPS) is 17.9. The first kappa shape index (κ1) is 25.8. The summed E-state index contributed by atoms with van der Waals surface area (Å²) in [6.07, 6.45) is 2.92. The first-order valence-corrected chi connectivity index (χ1v) is 13.2. The molecule has 194 valence electrons. The molecular weight excluding hydrogens is 481 g/mol. The molecule has 0 spiro atoms. The number of benzene rings is 4. The molecule has 4 aliphatic rings. The molecule has 4 bridgehead atoms. The molecule has 0 fully saturated rings. The van der Waals surface area contributed by atoms with Crippen molar-refractivity contribution in [2.45, 2.75) is 50.9 Å². The average molecular weight is 512 g/mol. The lowest BCUT2D eigenvalue weighted by atomic mass is 9.77. The first-order chi connectivity index (χ1) is 18.4. The standard InChI is InChI=1S/C32H31BF2O3/c1-3-22(24-4-11-28(36)12-5-24)19-26-18-21(2)23-6-13-29(14-7-23)37-33(31-20-27(34)10-17-32(31)35)38-30-15-8-25(26)9-16-30/h4-17,20-22,26,36H,3,18-19H2,1-2H3. The molecular formula is C32H31BF2O3. The van der Waals surface area contributed by atoms with Gasteiger partial charge in [-0.05, 0) is 108 Å². The second kappa shape index (κ2) is 11.3. The second-order valence-electron chi connectivity index (χ2n) is 10.1. The van der Waals surface area contributed by atoms with E-state index >= 15 is 0 Å². The van der Waals surface area contributed by atoms with Gasteiger partial charge in [-0.3, -0.25) is 0 Å². The van der Waals surface area contributed by atoms with E-state index in [9.17, 15) is 13.9 Å². The monoisotopic (exact) mass is 512 g/mol. The number of aromatic hydroxyl groups is 1. The van der Waals surface area contributed by atoms with Gasteiger partial charge < -0.3 is 14.4 Å². The third-order valence-corrected chi connectivity index (χ3v) is 7.56. The van der Waals surface area contributed by atoms with Crippen molar-refractivity contribution in [3.63, 3.8) is 0 Å². The van der Waals surface area contributed by atoms with Crippen LogP contribution >= 0.6 is 0 Å². The van der Waals surface area contributed by atoms with Crippen LogP contribution in [0.4, 0.5) is 8.78 Å². The first-order valence-electron chi connectivity index (χ1n) is 13.2. The van der Waals surface area contributed by atoms with Crippen LogP contribution in [0, 0.1) is 11.6 Å². The maximum atomic E-state index is 14.7. The molecule has 8 rings (SSSR count). The van der Waals surface area contributed by atoms with E-state index in [-0.39, 0.29) is 17.1 Å². The lowest BCUT2D eigenvalue weighted by Crippen LogP contribution is -2.44. The molecule has 38 heavy (non-hydrogen) atoms. The van der Waals surface area contributed by atoms with E-state index in [1.165, 1.54) is 16.7 Å². The molecule has 0 aromatic heterocycles. The summed E-state index contributed by atoms with van der Waals surface area (Å²) in [6.45, 7) is 4.43. The van der Waals surface area contributed by atoms with Crippen molar-refractivity contribution in [1.82, 2.24) is 0 Å². The Morgan fingerprint density at radius 3 is 2.05 bits per heavy atom. The number of halogens is 2. The van der Waals surface area contributed by atoms with Gasteiger partial charge in [0.15, 0.2) is 0 Å². The minimum absolute atomic E-state index is 0.00354. The second-order valence-corrected chi connectivity index (χ2v) is 10.1. The van der Waals surface area contributed by atoms with E-state index in [0.717, 1.165) is 37.5 Å². The maximum Gasteiger partial charge on any atom is 0.635 e. The zero-order chi connectivity index (χ0) is 26.6. The van der Waals surface area contributed by atoms with Crippen molar-refractivity contribution in [2.24, 2.45) is 0 Å². The van der Waals surface area contributed by atoms with E-state index in [2.05, 4.69) is 26.0 Å². The smallest absolute Gasteiger partial charge is 0.522 e. The average Bonchev–Trinajstić information content (AvgIpc) is 2.93. The van der Waals surface area contributed by atoms with Gasteiger partial charge in [0.2, 0.25) is 0 Å². The Kier molecular flexibility index (Phi) is 7.68. The Balaban J connectivity index is 1.51. The van der Waals surface area contributed by atoms with Crippen LogP contribution in [0.2, 0.25) is 0 Å². The Morgan fingerprint density at radius 1 is 0.842 bits per heavy atom. The fourth-order valence-electron chi connectivity index (χ4n) is 5.35. The Labute approximate surface area is 223 Å². The zero-order valence-corrected chi connectivity index (χ0v) is 21.6. The topological polar surface area (TPSA) is 38.7 Å². The van der Waals surface area contributed by atoms with Crippen molar-refractivity contribution in [1.29, 1.82) is 0 Å². The summed E-state index contributed by atoms with van der Waals surface area (Å²) >= 11 is 0. The van der Waals surface area contributed by atoms with E-state index < -0.39 is 18.8 Å². The largest absolute Gasteiger partial charge is 0.635 e. The molecule has 4 aromatic rings. The van der Waals surface area contributed by atoms with E-state index in [4.69, 9.17) is 9.31 Å². The third kappa shape index (κ3) is 5.85. The highest BCUT2D eigenvalue weighted by Crippen LogP contribution is 2.39. The van der Waals surface area contributed by atoms with Gasteiger partial charge in [-0.15, -0.1) is 0 Å². The number of hydrogen-bond donors (Lipinski definition) is 1. The molecule has 0 aliphatic carbocycles. The van der Waals surface area contributed by atoms with Gasteiger partial charge in [0.25, 0.3) is 0 Å². The summed E-state index contributed by atoms with van der Waals surface area (Å²) < 4.78 is 40.8. The molecule has 1 N–H and O–H groups in total. The molecule has 4 heterocycles. The van der Waals surface area contributed by atoms with Gasteiger partial charge in [-0.2, -0.15) is 0 Å². The lowest BCUT2D eigenvalue weighted by Gasteiger charge is -2.27. The predicted octanol–water partition coefficient (Wildman–Crippen LogP) is 7.70. The van der Waals surface area contributed by atoms with E-state index in [1.54, 1.807) is 12.1 Å². The highest BCUT2D eigenvalue weighted by Gasteiger charge is 2.31. The highest BCUT2D eigenvalue weighted by atomic mass is 19.1. The van der Waals surface area contributed by atoms with Crippen LogP contribution in [0.5, 0.6) is 17.2 Å². The molecule has 0 saturated carbocycles. The van der Waals surface area contributed by atoms with Crippen LogP contribution in [0.15, 0.2) is 91.0 Å². The molecule has 3 atom stereocenters. The van der Waals surface area contributed by atoms with Crippen molar-refractivity contribution >= 4 is 12.6 Å². The molecule has 0 radical (unpaired) electrons. The summed E-state index contributed by atoms with van der Waals surface area (Å²) in [6, 6.07) is 26.4. The molecule has 0 amide bonds. The third-order valence-electron chi connectivity index (χ3n) is 7.56. The van der Waals surface area contributed by atoms with Crippen LogP contribution < -0.4 is 14.8 Å². The van der Waals surface area contributed by atoms with Gasteiger partial charge in [0, 0.05) is 0 Å². The van der Waals surface area contributed by atoms with Crippen molar-refractivity contribution in [3.05, 3.63) is 119 Å².